The van der Waals surface area contributed by atoms with Gasteiger partial charge in [-0.05, 0) is 31.2 Å². The standard InChI is InChI=1S/C23H28O10/c1-13(10-14(2)11-15-6-4-3-5-7-15)8-9-22-16(24)12-21(33-22,19(27)28)23(31,20(29)30)17(32-22)18(25)26/h3-7,10,14,16-17,24,31H,8-9,11-12H2,1-2H3,(H,25,26)(H,27,28)(H,29,30)/b13-10+/t14?,16-,17-,21+,22+,23-/m1/s1. The lowest BCUT2D eigenvalue weighted by Crippen LogP contribution is -2.75. The van der Waals surface area contributed by atoms with Crippen molar-refractivity contribution in [2.75, 3.05) is 0 Å². The van der Waals surface area contributed by atoms with Gasteiger partial charge in [-0.15, -0.1) is 0 Å². The van der Waals surface area contributed by atoms with Crippen LogP contribution in [0, 0.1) is 5.92 Å². The molecule has 0 spiro atoms. The lowest BCUT2D eigenvalue weighted by atomic mass is 9.76. The highest BCUT2D eigenvalue weighted by molar-refractivity contribution is 5.97. The maximum Gasteiger partial charge on any atom is 0.342 e. The number of allylic oxidation sites excluding steroid dienone is 2. The van der Waals surface area contributed by atoms with Crippen LogP contribution in [0.4, 0.5) is 0 Å². The zero-order valence-electron chi connectivity index (χ0n) is 18.3. The van der Waals surface area contributed by atoms with Crippen LogP contribution in [0.25, 0.3) is 0 Å². The molecule has 0 radical (unpaired) electrons. The summed E-state index contributed by atoms with van der Waals surface area (Å²) in [6.07, 6.45) is -2.07. The Morgan fingerprint density at radius 3 is 2.33 bits per heavy atom. The zero-order chi connectivity index (χ0) is 24.6. The van der Waals surface area contributed by atoms with Crippen LogP contribution < -0.4 is 0 Å². The first kappa shape index (κ1) is 24.8. The van der Waals surface area contributed by atoms with Crippen molar-refractivity contribution < 1.29 is 49.4 Å². The number of carboxylic acids is 3. The molecule has 180 valence electrons. The second-order valence-corrected chi connectivity index (χ2v) is 8.85. The molecule has 10 nitrogen and oxygen atoms in total. The van der Waals surface area contributed by atoms with Gasteiger partial charge in [0, 0.05) is 12.8 Å². The fraction of sp³-hybridized carbons (Fsp3) is 0.522. The normalized spacial score (nSPS) is 34.6. The molecule has 6 atom stereocenters. The van der Waals surface area contributed by atoms with Crippen LogP contribution in [0.3, 0.4) is 0 Å². The van der Waals surface area contributed by atoms with E-state index in [1.54, 1.807) is 0 Å². The largest absolute Gasteiger partial charge is 0.479 e. The fourth-order valence-corrected chi connectivity index (χ4v) is 4.73. The summed E-state index contributed by atoms with van der Waals surface area (Å²) in [6.45, 7) is 3.85. The molecule has 1 aromatic rings. The van der Waals surface area contributed by atoms with Crippen molar-refractivity contribution in [3.05, 3.63) is 47.5 Å². The highest BCUT2D eigenvalue weighted by Gasteiger charge is 2.80. The maximum atomic E-state index is 12.0. The molecule has 2 fully saturated rings. The molecule has 2 saturated heterocycles. The summed E-state index contributed by atoms with van der Waals surface area (Å²) in [5.74, 6) is -7.84. The van der Waals surface area contributed by atoms with E-state index in [1.807, 2.05) is 50.3 Å². The van der Waals surface area contributed by atoms with Crippen molar-refractivity contribution in [3.8, 4) is 0 Å². The van der Waals surface area contributed by atoms with E-state index in [-0.39, 0.29) is 18.8 Å². The van der Waals surface area contributed by atoms with Crippen LogP contribution >= 0.6 is 0 Å². The van der Waals surface area contributed by atoms with Crippen molar-refractivity contribution in [1.82, 2.24) is 0 Å². The van der Waals surface area contributed by atoms with E-state index in [0.29, 0.717) is 0 Å². The van der Waals surface area contributed by atoms with Crippen LogP contribution in [0.2, 0.25) is 0 Å². The Bertz CT molecular complexity index is 959. The maximum absolute atomic E-state index is 12.0. The number of aliphatic hydroxyl groups is 2. The minimum Gasteiger partial charge on any atom is -0.479 e. The smallest absolute Gasteiger partial charge is 0.342 e. The third-order valence-corrected chi connectivity index (χ3v) is 6.38. The number of ether oxygens (including phenoxy) is 2. The van der Waals surface area contributed by atoms with Gasteiger partial charge in [-0.2, -0.15) is 0 Å². The average Bonchev–Trinajstić information content (AvgIpc) is 3.00. The molecule has 5 N–H and O–H groups in total. The Morgan fingerprint density at radius 2 is 1.79 bits per heavy atom. The van der Waals surface area contributed by atoms with Gasteiger partial charge in [-0.1, -0.05) is 48.9 Å². The summed E-state index contributed by atoms with van der Waals surface area (Å²) >= 11 is 0. The number of hydrogen-bond donors (Lipinski definition) is 5. The summed E-state index contributed by atoms with van der Waals surface area (Å²) < 4.78 is 10.8. The molecule has 0 saturated carbocycles. The van der Waals surface area contributed by atoms with E-state index in [9.17, 15) is 39.9 Å². The quantitative estimate of drug-likeness (QED) is 0.334. The Morgan fingerprint density at radius 1 is 1.15 bits per heavy atom. The van der Waals surface area contributed by atoms with E-state index < -0.39 is 53.5 Å². The fourth-order valence-electron chi connectivity index (χ4n) is 4.73. The second-order valence-electron chi connectivity index (χ2n) is 8.85. The summed E-state index contributed by atoms with van der Waals surface area (Å²) in [5.41, 5.74) is -4.31. The number of rotatable bonds is 9. The topological polar surface area (TPSA) is 171 Å². The van der Waals surface area contributed by atoms with Gasteiger partial charge in [0.1, 0.15) is 6.10 Å². The van der Waals surface area contributed by atoms with Crippen LogP contribution in [0.15, 0.2) is 42.0 Å². The first-order valence-corrected chi connectivity index (χ1v) is 10.6. The molecule has 1 unspecified atom stereocenters. The Kier molecular flexibility index (Phi) is 6.67. The highest BCUT2D eigenvalue weighted by atomic mass is 16.8. The number of aliphatic hydroxyl groups excluding tert-OH is 1. The van der Waals surface area contributed by atoms with Gasteiger partial charge < -0.3 is 35.0 Å². The molecule has 0 amide bonds. The van der Waals surface area contributed by atoms with Gasteiger partial charge in [0.25, 0.3) is 0 Å². The number of carboxylic acid groups (broad SMARTS) is 3. The summed E-state index contributed by atoms with van der Waals surface area (Å²) in [4.78, 5) is 35.6. The predicted octanol–water partition coefficient (Wildman–Crippen LogP) is 1.19. The summed E-state index contributed by atoms with van der Waals surface area (Å²) in [6, 6.07) is 9.85. The number of aliphatic carboxylic acids is 3. The molecule has 2 heterocycles. The van der Waals surface area contributed by atoms with Gasteiger partial charge in [0.15, 0.2) is 5.79 Å². The van der Waals surface area contributed by atoms with Gasteiger partial charge in [0.2, 0.25) is 17.3 Å². The number of fused-ring (bicyclic) bond motifs is 2. The Hall–Kier alpha value is -2.79. The van der Waals surface area contributed by atoms with Crippen molar-refractivity contribution in [1.29, 1.82) is 0 Å². The third kappa shape index (κ3) is 4.15. The first-order chi connectivity index (χ1) is 15.4. The lowest BCUT2D eigenvalue weighted by molar-refractivity contribution is -0.372. The molecule has 1 aromatic carbocycles. The molecule has 2 bridgehead atoms. The zero-order valence-corrected chi connectivity index (χ0v) is 18.3. The highest BCUT2D eigenvalue weighted by Crippen LogP contribution is 2.54. The minimum absolute atomic E-state index is 0.136. The monoisotopic (exact) mass is 464 g/mol. The van der Waals surface area contributed by atoms with Gasteiger partial charge in [-0.25, -0.2) is 14.4 Å². The van der Waals surface area contributed by atoms with Gasteiger partial charge in [0.05, 0.1) is 0 Å². The third-order valence-electron chi connectivity index (χ3n) is 6.38. The molecule has 0 aromatic heterocycles. The number of carbonyl (C=O) groups is 3. The molecular weight excluding hydrogens is 436 g/mol. The van der Waals surface area contributed by atoms with E-state index in [2.05, 4.69) is 0 Å². The van der Waals surface area contributed by atoms with Crippen LogP contribution in [0.1, 0.15) is 38.7 Å². The predicted molar refractivity (Wildman–Crippen MR) is 112 cm³/mol. The molecule has 10 heteroatoms. The van der Waals surface area contributed by atoms with Crippen molar-refractivity contribution in [3.63, 3.8) is 0 Å². The van der Waals surface area contributed by atoms with E-state index >= 15 is 0 Å². The SMILES string of the molecule is C/C(=C\C(C)Cc1ccccc1)CC[C@@]12O[C@H](C(=O)O)[C@@](O)(C(=O)O)[C@@](C(=O)O)(C[C@H]1O)O2. The minimum atomic E-state index is -3.44. The molecule has 33 heavy (non-hydrogen) atoms. The molecular formula is C23H28O10. The van der Waals surface area contributed by atoms with Gasteiger partial charge >= 0.3 is 17.9 Å². The molecule has 0 aliphatic carbocycles. The molecule has 2 aliphatic heterocycles. The van der Waals surface area contributed by atoms with Crippen LogP contribution in [0.5, 0.6) is 0 Å². The van der Waals surface area contributed by atoms with E-state index in [1.165, 1.54) is 0 Å². The molecule has 3 rings (SSSR count). The Labute approximate surface area is 190 Å². The summed E-state index contributed by atoms with van der Waals surface area (Å²) in [7, 11) is 0. The number of hydrogen-bond acceptors (Lipinski definition) is 7. The Balaban J connectivity index is 1.84. The first-order valence-electron chi connectivity index (χ1n) is 10.6. The summed E-state index contributed by atoms with van der Waals surface area (Å²) in [5, 5.41) is 50.2. The van der Waals surface area contributed by atoms with E-state index in [0.717, 1.165) is 17.6 Å². The van der Waals surface area contributed by atoms with Crippen LogP contribution in [-0.2, 0) is 30.3 Å². The average molecular weight is 464 g/mol. The lowest BCUT2D eigenvalue weighted by Gasteiger charge is -2.48. The van der Waals surface area contributed by atoms with Crippen molar-refractivity contribution >= 4 is 17.9 Å². The van der Waals surface area contributed by atoms with Crippen molar-refractivity contribution in [2.45, 2.75) is 68.7 Å². The van der Waals surface area contributed by atoms with Crippen molar-refractivity contribution in [2.24, 2.45) is 5.92 Å². The van der Waals surface area contributed by atoms with Crippen LogP contribution in [-0.4, -0.2) is 72.6 Å². The molecule has 2 aliphatic rings. The number of benzene rings is 1. The van der Waals surface area contributed by atoms with E-state index in [4.69, 9.17) is 9.47 Å². The second kappa shape index (κ2) is 8.86. The van der Waals surface area contributed by atoms with Gasteiger partial charge in [-0.3, -0.25) is 0 Å².